The Balaban J connectivity index is 1.38. The van der Waals surface area contributed by atoms with E-state index in [9.17, 15) is 5.11 Å². The van der Waals surface area contributed by atoms with Crippen molar-refractivity contribution in [1.82, 2.24) is 9.80 Å². The highest BCUT2D eigenvalue weighted by Gasteiger charge is 2.80. The van der Waals surface area contributed by atoms with E-state index in [0.717, 1.165) is 36.4 Å². The number of benzene rings is 1. The standard InChI is InChI=1S/C23H28N2O6/c1-24-8-7-21-17-12-3-4-13(27-2)18(17)30-19(21)22(5-6-23(21,26)14(24)9-12)20-25-15(10-29-20)28-11-16(25)31-22/h3-4,14-16,19-20,26H,5-11H2,1-2H3/t14-,15+,16+,19-,20+,21+,22+,23-/m1/s1. The lowest BCUT2D eigenvalue weighted by molar-refractivity contribution is -0.257. The van der Waals surface area contributed by atoms with E-state index in [0.29, 0.717) is 26.1 Å². The van der Waals surface area contributed by atoms with Gasteiger partial charge in [-0.3, -0.25) is 0 Å². The molecule has 0 aromatic heterocycles. The minimum Gasteiger partial charge on any atom is -0.493 e. The maximum atomic E-state index is 12.5. The van der Waals surface area contributed by atoms with Crippen molar-refractivity contribution in [2.75, 3.05) is 33.9 Å². The summed E-state index contributed by atoms with van der Waals surface area (Å²) in [5, 5.41) is 12.5. The molecule has 4 saturated heterocycles. The van der Waals surface area contributed by atoms with Gasteiger partial charge in [0.05, 0.1) is 31.3 Å². The van der Waals surface area contributed by atoms with E-state index in [1.165, 1.54) is 5.56 Å². The Labute approximate surface area is 180 Å². The zero-order chi connectivity index (χ0) is 20.8. The highest BCUT2D eigenvalue weighted by molar-refractivity contribution is 5.63. The summed E-state index contributed by atoms with van der Waals surface area (Å²) >= 11 is 0. The molecule has 1 N–H and O–H groups in total. The van der Waals surface area contributed by atoms with Crippen LogP contribution in [0, 0.1) is 0 Å². The molecule has 1 aromatic carbocycles. The maximum Gasteiger partial charge on any atom is 0.166 e. The van der Waals surface area contributed by atoms with Crippen molar-refractivity contribution in [3.8, 4) is 11.5 Å². The maximum absolute atomic E-state index is 12.5. The monoisotopic (exact) mass is 428 g/mol. The summed E-state index contributed by atoms with van der Waals surface area (Å²) in [6.07, 6.45) is 2.34. The SMILES string of the molecule is COc1ccc2c3c1O[C@H]1[C@]4(CC[C@@]5(O)[C@@H](C2)N(C)CC[C@]315)O[C@H]1CO[C@H]2CO[C@@H]4N21. The van der Waals surface area contributed by atoms with Gasteiger partial charge in [-0.1, -0.05) is 6.07 Å². The van der Waals surface area contributed by atoms with Gasteiger partial charge in [0.25, 0.3) is 0 Å². The number of rotatable bonds is 1. The summed E-state index contributed by atoms with van der Waals surface area (Å²) in [6.45, 7) is 2.04. The molecule has 1 saturated carbocycles. The number of likely N-dealkylation sites (N-methyl/N-ethyl adjacent to an activating group) is 1. The van der Waals surface area contributed by atoms with Crippen LogP contribution in [0.4, 0.5) is 0 Å². The van der Waals surface area contributed by atoms with E-state index in [-0.39, 0.29) is 30.8 Å². The van der Waals surface area contributed by atoms with Gasteiger partial charge in [-0.2, -0.15) is 0 Å². The van der Waals surface area contributed by atoms with Crippen molar-refractivity contribution in [3.63, 3.8) is 0 Å². The van der Waals surface area contributed by atoms with E-state index in [1.54, 1.807) is 7.11 Å². The second kappa shape index (κ2) is 5.38. The third-order valence-corrected chi connectivity index (χ3v) is 9.56. The van der Waals surface area contributed by atoms with E-state index >= 15 is 0 Å². The van der Waals surface area contributed by atoms with Crippen LogP contribution in [0.2, 0.25) is 0 Å². The number of methoxy groups -OCH3 is 1. The Morgan fingerprint density at radius 1 is 1.13 bits per heavy atom. The second-order valence-electron chi connectivity index (χ2n) is 10.4. The Morgan fingerprint density at radius 2 is 2.00 bits per heavy atom. The van der Waals surface area contributed by atoms with Gasteiger partial charge >= 0.3 is 0 Å². The van der Waals surface area contributed by atoms with Gasteiger partial charge in [0.2, 0.25) is 0 Å². The van der Waals surface area contributed by atoms with Gasteiger partial charge in [-0.05, 0) is 50.9 Å². The predicted molar refractivity (Wildman–Crippen MR) is 107 cm³/mol. The molecule has 8 atom stereocenters. The van der Waals surface area contributed by atoms with E-state index in [2.05, 4.69) is 22.9 Å². The summed E-state index contributed by atoms with van der Waals surface area (Å²) in [7, 11) is 3.83. The lowest BCUT2D eigenvalue weighted by Crippen LogP contribution is -2.80. The van der Waals surface area contributed by atoms with Crippen LogP contribution in [0.1, 0.15) is 30.4 Å². The molecule has 2 aliphatic carbocycles. The van der Waals surface area contributed by atoms with Gasteiger partial charge in [0.15, 0.2) is 11.5 Å². The number of fused-ring (bicyclic) bond motifs is 2. The van der Waals surface area contributed by atoms with Crippen LogP contribution in [0.15, 0.2) is 12.1 Å². The number of ether oxygens (including phenoxy) is 5. The fourth-order valence-corrected chi connectivity index (χ4v) is 8.35. The largest absolute Gasteiger partial charge is 0.493 e. The average molecular weight is 428 g/mol. The topological polar surface area (TPSA) is 72.9 Å². The zero-order valence-corrected chi connectivity index (χ0v) is 17.9. The molecule has 166 valence electrons. The van der Waals surface area contributed by atoms with Gasteiger partial charge in [-0.25, -0.2) is 4.90 Å². The fraction of sp³-hybridized carbons (Fsp3) is 0.739. The number of likely N-dealkylation sites (tertiary alicyclic amines) is 1. The first-order chi connectivity index (χ1) is 15.0. The molecule has 8 heteroatoms. The molecular formula is C23H28N2O6. The molecule has 7 aliphatic rings. The van der Waals surface area contributed by atoms with E-state index < -0.39 is 16.6 Å². The summed E-state index contributed by atoms with van der Waals surface area (Å²) in [4.78, 5) is 4.59. The van der Waals surface area contributed by atoms with Crippen molar-refractivity contribution in [1.29, 1.82) is 0 Å². The van der Waals surface area contributed by atoms with Crippen molar-refractivity contribution in [2.24, 2.45) is 0 Å². The second-order valence-corrected chi connectivity index (χ2v) is 10.4. The van der Waals surface area contributed by atoms with Crippen LogP contribution in [-0.2, 0) is 26.0 Å². The molecule has 2 spiro atoms. The Kier molecular flexibility index (Phi) is 3.13. The lowest BCUT2D eigenvalue weighted by atomic mass is 9.46. The van der Waals surface area contributed by atoms with E-state index in [1.807, 2.05) is 6.07 Å². The molecule has 0 amide bonds. The summed E-state index contributed by atoms with van der Waals surface area (Å²) in [5.41, 5.74) is 0.398. The number of hydrogen-bond donors (Lipinski definition) is 1. The summed E-state index contributed by atoms with van der Waals surface area (Å²) in [5.74, 6) is 1.54. The van der Waals surface area contributed by atoms with Crippen molar-refractivity contribution >= 4 is 0 Å². The van der Waals surface area contributed by atoms with Gasteiger partial charge < -0.3 is 33.7 Å². The highest BCUT2D eigenvalue weighted by atomic mass is 16.7. The first-order valence-corrected chi connectivity index (χ1v) is 11.5. The molecular weight excluding hydrogens is 400 g/mol. The average Bonchev–Trinajstić information content (AvgIpc) is 3.50. The zero-order valence-electron chi connectivity index (χ0n) is 17.9. The first-order valence-electron chi connectivity index (χ1n) is 11.5. The Hall–Kier alpha value is -1.42. The van der Waals surface area contributed by atoms with Gasteiger partial charge in [-0.15, -0.1) is 0 Å². The highest BCUT2D eigenvalue weighted by Crippen LogP contribution is 2.69. The third-order valence-electron chi connectivity index (χ3n) is 9.56. The normalized spacial score (nSPS) is 51.1. The minimum absolute atomic E-state index is 0.0434. The van der Waals surface area contributed by atoms with Crippen molar-refractivity contribution in [3.05, 3.63) is 23.3 Å². The number of aliphatic hydroxyl groups is 1. The quantitative estimate of drug-likeness (QED) is 0.697. The number of nitrogens with zero attached hydrogens (tertiary/aromatic N) is 2. The first kappa shape index (κ1) is 18.1. The minimum atomic E-state index is -0.870. The predicted octanol–water partition coefficient (Wildman–Crippen LogP) is 0.589. The molecule has 5 aliphatic heterocycles. The molecule has 5 heterocycles. The van der Waals surface area contributed by atoms with Crippen LogP contribution in [0.3, 0.4) is 0 Å². The number of hydrogen-bond acceptors (Lipinski definition) is 8. The van der Waals surface area contributed by atoms with Crippen LogP contribution < -0.4 is 9.47 Å². The lowest BCUT2D eigenvalue weighted by Gasteiger charge is -2.65. The molecule has 31 heavy (non-hydrogen) atoms. The van der Waals surface area contributed by atoms with Crippen LogP contribution >= 0.6 is 0 Å². The smallest absolute Gasteiger partial charge is 0.166 e. The van der Waals surface area contributed by atoms with Gasteiger partial charge in [0, 0.05) is 11.6 Å². The molecule has 8 nitrogen and oxygen atoms in total. The summed E-state index contributed by atoms with van der Waals surface area (Å²) < 4.78 is 31.6. The Bertz CT molecular complexity index is 1000. The molecule has 1 aromatic rings. The number of piperidine rings is 1. The molecule has 2 bridgehead atoms. The van der Waals surface area contributed by atoms with Crippen LogP contribution in [0.5, 0.6) is 11.5 Å². The molecule has 5 fully saturated rings. The fourth-order valence-electron chi connectivity index (χ4n) is 8.35. The van der Waals surface area contributed by atoms with Crippen LogP contribution in [-0.4, -0.2) is 90.9 Å². The van der Waals surface area contributed by atoms with Crippen molar-refractivity contribution < 1.29 is 28.8 Å². The molecule has 0 unspecified atom stereocenters. The van der Waals surface area contributed by atoms with Crippen LogP contribution in [0.25, 0.3) is 0 Å². The van der Waals surface area contributed by atoms with Gasteiger partial charge in [0.1, 0.15) is 30.4 Å². The van der Waals surface area contributed by atoms with Crippen molar-refractivity contribution in [2.45, 2.75) is 73.1 Å². The Morgan fingerprint density at radius 3 is 2.87 bits per heavy atom. The summed E-state index contributed by atoms with van der Waals surface area (Å²) in [6, 6.07) is 4.25. The third kappa shape index (κ3) is 1.71. The molecule has 8 rings (SSSR count). The van der Waals surface area contributed by atoms with E-state index in [4.69, 9.17) is 23.7 Å². The molecule has 0 radical (unpaired) electrons.